The fourth-order valence-electron chi connectivity index (χ4n) is 1.87. The maximum absolute atomic E-state index is 12.1. The van der Waals surface area contributed by atoms with Gasteiger partial charge in [0.1, 0.15) is 5.60 Å². The van der Waals surface area contributed by atoms with Gasteiger partial charge >= 0.3 is 6.09 Å². The van der Waals surface area contributed by atoms with Crippen LogP contribution in [0.15, 0.2) is 36.5 Å². The zero-order valence-electron chi connectivity index (χ0n) is 11.8. The van der Waals surface area contributed by atoms with Crippen molar-refractivity contribution in [1.29, 1.82) is 5.26 Å². The van der Waals surface area contributed by atoms with E-state index in [4.69, 9.17) is 10.00 Å². The van der Waals surface area contributed by atoms with Gasteiger partial charge in [0.15, 0.2) is 0 Å². The SMILES string of the molecule is CC(C)(C)OC(=O)n1ccc2cc(/C=C\C#N)ccc21. The molecule has 0 saturated carbocycles. The van der Waals surface area contributed by atoms with Crippen molar-refractivity contribution in [2.24, 2.45) is 0 Å². The molecule has 0 amide bonds. The third-order valence-electron chi connectivity index (χ3n) is 2.65. The van der Waals surface area contributed by atoms with E-state index < -0.39 is 11.7 Å². The van der Waals surface area contributed by atoms with E-state index in [2.05, 4.69) is 0 Å². The molecule has 1 aromatic heterocycles. The molecule has 4 heteroatoms. The van der Waals surface area contributed by atoms with E-state index in [0.29, 0.717) is 0 Å². The van der Waals surface area contributed by atoms with E-state index in [1.807, 2.05) is 51.1 Å². The highest BCUT2D eigenvalue weighted by Crippen LogP contribution is 2.20. The Bertz CT molecular complexity index is 712. The largest absolute Gasteiger partial charge is 0.443 e. The molecule has 0 aliphatic carbocycles. The van der Waals surface area contributed by atoms with Crippen LogP contribution < -0.4 is 0 Å². The predicted octanol–water partition coefficient (Wildman–Crippen LogP) is 3.96. The molecule has 0 saturated heterocycles. The first-order valence-electron chi connectivity index (χ1n) is 6.31. The van der Waals surface area contributed by atoms with Crippen LogP contribution in [0, 0.1) is 11.3 Å². The van der Waals surface area contributed by atoms with Gasteiger partial charge in [0.25, 0.3) is 0 Å². The number of benzene rings is 1. The Labute approximate surface area is 117 Å². The quantitative estimate of drug-likeness (QED) is 0.735. The number of hydrogen-bond donors (Lipinski definition) is 0. The summed E-state index contributed by atoms with van der Waals surface area (Å²) in [6.07, 6.45) is 4.44. The van der Waals surface area contributed by atoms with Crippen LogP contribution in [0.1, 0.15) is 26.3 Å². The van der Waals surface area contributed by atoms with E-state index in [-0.39, 0.29) is 0 Å². The fourth-order valence-corrected chi connectivity index (χ4v) is 1.87. The van der Waals surface area contributed by atoms with Crippen LogP contribution in [-0.2, 0) is 4.74 Å². The lowest BCUT2D eigenvalue weighted by Crippen LogP contribution is -2.26. The molecule has 2 rings (SSSR count). The molecule has 0 radical (unpaired) electrons. The normalized spacial score (nSPS) is 11.7. The molecule has 0 N–H and O–H groups in total. The molecular formula is C16H16N2O2. The van der Waals surface area contributed by atoms with Gasteiger partial charge in [-0.15, -0.1) is 0 Å². The average Bonchev–Trinajstić information content (AvgIpc) is 2.77. The Morgan fingerprint density at radius 3 is 2.75 bits per heavy atom. The summed E-state index contributed by atoms with van der Waals surface area (Å²) in [5.41, 5.74) is 1.18. The van der Waals surface area contributed by atoms with Crippen LogP contribution in [0.4, 0.5) is 4.79 Å². The van der Waals surface area contributed by atoms with Crippen LogP contribution >= 0.6 is 0 Å². The highest BCUT2D eigenvalue weighted by Gasteiger charge is 2.18. The van der Waals surface area contributed by atoms with E-state index in [1.165, 1.54) is 10.6 Å². The average molecular weight is 268 g/mol. The van der Waals surface area contributed by atoms with Gasteiger partial charge in [-0.05, 0) is 50.6 Å². The molecule has 20 heavy (non-hydrogen) atoms. The number of aromatic nitrogens is 1. The number of allylic oxidation sites excluding steroid dienone is 1. The molecule has 1 heterocycles. The Morgan fingerprint density at radius 1 is 1.35 bits per heavy atom. The molecule has 0 atom stereocenters. The third kappa shape index (κ3) is 3.07. The van der Waals surface area contributed by atoms with Gasteiger partial charge in [0, 0.05) is 17.7 Å². The summed E-state index contributed by atoms with van der Waals surface area (Å²) >= 11 is 0. The smallest absolute Gasteiger partial charge is 0.418 e. The predicted molar refractivity (Wildman–Crippen MR) is 78.2 cm³/mol. The summed E-state index contributed by atoms with van der Waals surface area (Å²) in [6.45, 7) is 5.50. The second-order valence-corrected chi connectivity index (χ2v) is 5.45. The van der Waals surface area contributed by atoms with Gasteiger partial charge < -0.3 is 4.74 Å². The van der Waals surface area contributed by atoms with Crippen LogP contribution in [0.25, 0.3) is 17.0 Å². The highest BCUT2D eigenvalue weighted by molar-refractivity contribution is 5.90. The number of ether oxygens (including phenoxy) is 1. The number of carbonyl (C=O) groups is 1. The van der Waals surface area contributed by atoms with Gasteiger partial charge in [0.2, 0.25) is 0 Å². The molecule has 0 fully saturated rings. The topological polar surface area (TPSA) is 55.0 Å². The Kier molecular flexibility index (Phi) is 3.62. The number of nitriles is 1. The van der Waals surface area contributed by atoms with Crippen LogP contribution in [0.5, 0.6) is 0 Å². The van der Waals surface area contributed by atoms with Gasteiger partial charge in [-0.3, -0.25) is 4.57 Å². The molecule has 0 unspecified atom stereocenters. The van der Waals surface area contributed by atoms with Gasteiger partial charge in [-0.1, -0.05) is 6.07 Å². The van der Waals surface area contributed by atoms with Gasteiger partial charge in [-0.25, -0.2) is 4.79 Å². The van der Waals surface area contributed by atoms with Crippen molar-refractivity contribution < 1.29 is 9.53 Å². The Balaban J connectivity index is 2.36. The Hall–Kier alpha value is -2.54. The second-order valence-electron chi connectivity index (χ2n) is 5.45. The molecule has 1 aromatic carbocycles. The maximum Gasteiger partial charge on any atom is 0.418 e. The van der Waals surface area contributed by atoms with Crippen LogP contribution in [-0.4, -0.2) is 16.3 Å². The summed E-state index contributed by atoms with van der Waals surface area (Å²) in [5, 5.41) is 9.45. The number of nitrogens with zero attached hydrogens (tertiary/aromatic N) is 2. The molecule has 0 aliphatic rings. The molecule has 0 aliphatic heterocycles. The summed E-state index contributed by atoms with van der Waals surface area (Å²) in [7, 11) is 0. The molecule has 0 spiro atoms. The number of rotatable bonds is 1. The third-order valence-corrected chi connectivity index (χ3v) is 2.65. The summed E-state index contributed by atoms with van der Waals surface area (Å²) in [6, 6.07) is 9.43. The maximum atomic E-state index is 12.1. The number of hydrogen-bond acceptors (Lipinski definition) is 3. The van der Waals surface area contributed by atoms with Crippen molar-refractivity contribution in [2.45, 2.75) is 26.4 Å². The molecular weight excluding hydrogens is 252 g/mol. The first-order chi connectivity index (χ1) is 9.40. The first kappa shape index (κ1) is 13.9. The summed E-state index contributed by atoms with van der Waals surface area (Å²) in [5.74, 6) is 0. The zero-order chi connectivity index (χ0) is 14.8. The highest BCUT2D eigenvalue weighted by atomic mass is 16.6. The van der Waals surface area contributed by atoms with E-state index in [0.717, 1.165) is 16.5 Å². The monoisotopic (exact) mass is 268 g/mol. The molecule has 2 aromatic rings. The van der Waals surface area contributed by atoms with Crippen molar-refractivity contribution in [2.75, 3.05) is 0 Å². The molecule has 4 nitrogen and oxygen atoms in total. The minimum Gasteiger partial charge on any atom is -0.443 e. The van der Waals surface area contributed by atoms with E-state index in [1.54, 1.807) is 12.3 Å². The second kappa shape index (κ2) is 5.22. The van der Waals surface area contributed by atoms with Crippen LogP contribution in [0.2, 0.25) is 0 Å². The lowest BCUT2D eigenvalue weighted by atomic mass is 10.1. The standard InChI is InChI=1S/C16H16N2O2/c1-16(2,3)20-15(19)18-10-8-13-11-12(5-4-9-17)6-7-14(13)18/h4-8,10-11H,1-3H3/b5-4-. The van der Waals surface area contributed by atoms with E-state index >= 15 is 0 Å². The van der Waals surface area contributed by atoms with Crippen molar-refractivity contribution in [3.63, 3.8) is 0 Å². The van der Waals surface area contributed by atoms with Crippen molar-refractivity contribution in [3.05, 3.63) is 42.1 Å². The van der Waals surface area contributed by atoms with Gasteiger partial charge in [0.05, 0.1) is 11.6 Å². The minimum atomic E-state index is -0.525. The number of fused-ring (bicyclic) bond motifs is 1. The van der Waals surface area contributed by atoms with Crippen molar-refractivity contribution >= 4 is 23.1 Å². The zero-order valence-corrected chi connectivity index (χ0v) is 11.8. The van der Waals surface area contributed by atoms with Crippen LogP contribution in [0.3, 0.4) is 0 Å². The lowest BCUT2D eigenvalue weighted by Gasteiger charge is -2.19. The molecule has 102 valence electrons. The summed E-state index contributed by atoms with van der Waals surface area (Å²) in [4.78, 5) is 12.1. The lowest BCUT2D eigenvalue weighted by molar-refractivity contribution is 0.0544. The fraction of sp³-hybridized carbons (Fsp3) is 0.250. The van der Waals surface area contributed by atoms with Gasteiger partial charge in [-0.2, -0.15) is 5.26 Å². The number of carbonyl (C=O) groups excluding carboxylic acids is 1. The minimum absolute atomic E-state index is 0.396. The van der Waals surface area contributed by atoms with Crippen molar-refractivity contribution in [3.8, 4) is 6.07 Å². The van der Waals surface area contributed by atoms with E-state index in [9.17, 15) is 4.79 Å². The first-order valence-corrected chi connectivity index (χ1v) is 6.31. The Morgan fingerprint density at radius 2 is 2.10 bits per heavy atom. The van der Waals surface area contributed by atoms with Crippen molar-refractivity contribution in [1.82, 2.24) is 4.57 Å². The molecule has 0 bridgehead atoms. The summed E-state index contributed by atoms with van der Waals surface area (Å²) < 4.78 is 6.84.